The minimum atomic E-state index is -0.555. The van der Waals surface area contributed by atoms with Crippen LogP contribution in [-0.2, 0) is 9.53 Å². The lowest BCUT2D eigenvalue weighted by molar-refractivity contribution is -0.136. The van der Waals surface area contributed by atoms with E-state index < -0.39 is 6.04 Å². The number of hydrogen-bond acceptors (Lipinski definition) is 4. The molecule has 0 saturated carbocycles. The van der Waals surface area contributed by atoms with Gasteiger partial charge in [-0.15, -0.1) is 0 Å². The van der Waals surface area contributed by atoms with Gasteiger partial charge in [0.2, 0.25) is 5.91 Å². The third kappa shape index (κ3) is 3.72. The van der Waals surface area contributed by atoms with Crippen molar-refractivity contribution in [1.29, 1.82) is 0 Å². The van der Waals surface area contributed by atoms with Crippen molar-refractivity contribution in [3.05, 3.63) is 29.8 Å². The van der Waals surface area contributed by atoms with E-state index in [4.69, 9.17) is 4.74 Å². The summed E-state index contributed by atoms with van der Waals surface area (Å²) >= 11 is 0. The predicted molar refractivity (Wildman–Crippen MR) is 80.3 cm³/mol. The quantitative estimate of drug-likeness (QED) is 0.857. The molecule has 1 heterocycles. The summed E-state index contributed by atoms with van der Waals surface area (Å²) in [4.78, 5) is 26.3. The summed E-state index contributed by atoms with van der Waals surface area (Å²) in [5.74, 6) is -0.331. The first kappa shape index (κ1) is 15.3. The number of ether oxygens (including phenoxy) is 1. The Morgan fingerprint density at radius 1 is 1.24 bits per heavy atom. The van der Waals surface area contributed by atoms with Gasteiger partial charge in [0.05, 0.1) is 18.8 Å². The van der Waals surface area contributed by atoms with Crippen molar-refractivity contribution in [2.75, 3.05) is 38.7 Å². The summed E-state index contributed by atoms with van der Waals surface area (Å²) < 4.78 is 5.22. The first-order valence-electron chi connectivity index (χ1n) is 7.07. The molecule has 1 atom stereocenters. The van der Waals surface area contributed by atoms with Crippen LogP contribution in [0.15, 0.2) is 24.3 Å². The van der Waals surface area contributed by atoms with E-state index in [1.54, 1.807) is 31.0 Å². The van der Waals surface area contributed by atoms with Gasteiger partial charge in [-0.05, 0) is 19.1 Å². The van der Waals surface area contributed by atoms with Crippen LogP contribution in [0.1, 0.15) is 17.3 Å². The van der Waals surface area contributed by atoms with Gasteiger partial charge in [0.15, 0.2) is 0 Å². The Morgan fingerprint density at radius 3 is 2.57 bits per heavy atom. The molecule has 114 valence electrons. The summed E-state index contributed by atoms with van der Waals surface area (Å²) in [5, 5.41) is 5.73. The molecule has 21 heavy (non-hydrogen) atoms. The van der Waals surface area contributed by atoms with Crippen molar-refractivity contribution in [3.8, 4) is 0 Å². The summed E-state index contributed by atoms with van der Waals surface area (Å²) in [5.41, 5.74) is 1.27. The maximum Gasteiger partial charge on any atom is 0.254 e. The molecule has 1 aromatic rings. The van der Waals surface area contributed by atoms with Gasteiger partial charge in [-0.2, -0.15) is 0 Å². The lowest BCUT2D eigenvalue weighted by atomic mass is 10.1. The Bertz CT molecular complexity index is 513. The average Bonchev–Trinajstić information content (AvgIpc) is 2.54. The van der Waals surface area contributed by atoms with Crippen LogP contribution in [0.3, 0.4) is 0 Å². The van der Waals surface area contributed by atoms with Crippen molar-refractivity contribution in [2.24, 2.45) is 0 Å². The highest BCUT2D eigenvalue weighted by molar-refractivity contribution is 6.01. The van der Waals surface area contributed by atoms with Crippen LogP contribution in [0.5, 0.6) is 0 Å². The minimum Gasteiger partial charge on any atom is -0.387 e. The van der Waals surface area contributed by atoms with Gasteiger partial charge in [0.1, 0.15) is 6.04 Å². The third-order valence-electron chi connectivity index (χ3n) is 3.48. The molecule has 6 nitrogen and oxygen atoms in total. The molecule has 0 spiro atoms. The number of amides is 2. The second kappa shape index (κ2) is 7.08. The van der Waals surface area contributed by atoms with Crippen molar-refractivity contribution in [1.82, 2.24) is 10.2 Å². The Balaban J connectivity index is 1.99. The zero-order chi connectivity index (χ0) is 15.2. The molecule has 2 rings (SSSR count). The highest BCUT2D eigenvalue weighted by Crippen LogP contribution is 2.14. The first-order chi connectivity index (χ1) is 10.1. The molecule has 1 unspecified atom stereocenters. The predicted octanol–water partition coefficient (Wildman–Crippen LogP) is 0.705. The Labute approximate surface area is 124 Å². The number of carbonyl (C=O) groups is 2. The minimum absolute atomic E-state index is 0.0754. The molecular weight excluding hydrogens is 270 g/mol. The molecule has 1 fully saturated rings. The number of morpholine rings is 1. The van der Waals surface area contributed by atoms with Crippen LogP contribution < -0.4 is 10.6 Å². The van der Waals surface area contributed by atoms with Crippen molar-refractivity contribution in [3.63, 3.8) is 0 Å². The van der Waals surface area contributed by atoms with Gasteiger partial charge in [-0.3, -0.25) is 9.59 Å². The molecule has 0 radical (unpaired) electrons. The summed E-state index contributed by atoms with van der Waals surface area (Å²) in [6.45, 7) is 3.96. The van der Waals surface area contributed by atoms with Crippen LogP contribution in [0.2, 0.25) is 0 Å². The zero-order valence-corrected chi connectivity index (χ0v) is 12.4. The lowest BCUT2D eigenvalue weighted by Gasteiger charge is -2.29. The standard InChI is InChI=1S/C15H21N3O3/c1-11(15(20)18-7-9-21-10-8-18)17-14(19)12-5-3-4-6-13(12)16-2/h3-6,11,16H,7-10H2,1-2H3,(H,17,19). The summed E-state index contributed by atoms with van der Waals surface area (Å²) in [6, 6.07) is 6.64. The average molecular weight is 291 g/mol. The number of nitrogens with zero attached hydrogens (tertiary/aromatic N) is 1. The Morgan fingerprint density at radius 2 is 1.90 bits per heavy atom. The van der Waals surface area contributed by atoms with Crippen LogP contribution in [0.25, 0.3) is 0 Å². The molecule has 0 bridgehead atoms. The lowest BCUT2D eigenvalue weighted by Crippen LogP contribution is -2.50. The van der Waals surface area contributed by atoms with E-state index in [1.165, 1.54) is 0 Å². The van der Waals surface area contributed by atoms with E-state index in [2.05, 4.69) is 10.6 Å². The molecule has 2 amide bonds. The van der Waals surface area contributed by atoms with Crippen LogP contribution in [0.4, 0.5) is 5.69 Å². The highest BCUT2D eigenvalue weighted by Gasteiger charge is 2.24. The molecule has 6 heteroatoms. The second-order valence-corrected chi connectivity index (χ2v) is 4.93. The summed E-state index contributed by atoms with van der Waals surface area (Å²) in [7, 11) is 1.76. The maximum atomic E-state index is 12.3. The highest BCUT2D eigenvalue weighted by atomic mass is 16.5. The van der Waals surface area contributed by atoms with Crippen LogP contribution in [0, 0.1) is 0 Å². The van der Waals surface area contributed by atoms with E-state index >= 15 is 0 Å². The largest absolute Gasteiger partial charge is 0.387 e. The molecule has 2 N–H and O–H groups in total. The molecule has 0 aliphatic carbocycles. The number of rotatable bonds is 4. The number of nitrogens with one attached hydrogen (secondary N) is 2. The topological polar surface area (TPSA) is 70.7 Å². The van der Waals surface area contributed by atoms with E-state index in [1.807, 2.05) is 12.1 Å². The SMILES string of the molecule is CNc1ccccc1C(=O)NC(C)C(=O)N1CCOCC1. The maximum absolute atomic E-state index is 12.3. The van der Waals surface area contributed by atoms with Gasteiger partial charge in [0.25, 0.3) is 5.91 Å². The zero-order valence-electron chi connectivity index (χ0n) is 12.4. The fourth-order valence-corrected chi connectivity index (χ4v) is 2.29. The summed E-state index contributed by atoms with van der Waals surface area (Å²) in [6.07, 6.45) is 0. The normalized spacial score (nSPS) is 16.2. The molecule has 1 aromatic carbocycles. The number of para-hydroxylation sites is 1. The van der Waals surface area contributed by atoms with Crippen molar-refractivity contribution >= 4 is 17.5 Å². The van der Waals surface area contributed by atoms with Gasteiger partial charge < -0.3 is 20.3 Å². The fraction of sp³-hybridized carbons (Fsp3) is 0.467. The number of hydrogen-bond donors (Lipinski definition) is 2. The van der Waals surface area contributed by atoms with E-state index in [0.717, 1.165) is 5.69 Å². The molecule has 1 saturated heterocycles. The van der Waals surface area contributed by atoms with E-state index in [9.17, 15) is 9.59 Å². The smallest absolute Gasteiger partial charge is 0.254 e. The van der Waals surface area contributed by atoms with Crippen LogP contribution >= 0.6 is 0 Å². The van der Waals surface area contributed by atoms with E-state index in [0.29, 0.717) is 31.9 Å². The van der Waals surface area contributed by atoms with E-state index in [-0.39, 0.29) is 11.8 Å². The van der Waals surface area contributed by atoms with Crippen molar-refractivity contribution < 1.29 is 14.3 Å². The van der Waals surface area contributed by atoms with Gasteiger partial charge >= 0.3 is 0 Å². The molecule has 0 aromatic heterocycles. The molecular formula is C15H21N3O3. The van der Waals surface area contributed by atoms with Gasteiger partial charge in [0, 0.05) is 25.8 Å². The number of benzene rings is 1. The second-order valence-electron chi connectivity index (χ2n) is 4.93. The number of anilines is 1. The fourth-order valence-electron chi connectivity index (χ4n) is 2.29. The molecule has 1 aliphatic heterocycles. The van der Waals surface area contributed by atoms with Gasteiger partial charge in [-0.25, -0.2) is 0 Å². The molecule has 1 aliphatic rings. The first-order valence-corrected chi connectivity index (χ1v) is 7.07. The number of carbonyl (C=O) groups excluding carboxylic acids is 2. The monoisotopic (exact) mass is 291 g/mol. The van der Waals surface area contributed by atoms with Crippen molar-refractivity contribution in [2.45, 2.75) is 13.0 Å². The van der Waals surface area contributed by atoms with Crippen LogP contribution in [-0.4, -0.2) is 56.1 Å². The van der Waals surface area contributed by atoms with Gasteiger partial charge in [-0.1, -0.05) is 12.1 Å². The Kier molecular flexibility index (Phi) is 5.16. The Hall–Kier alpha value is -2.08. The third-order valence-corrected chi connectivity index (χ3v) is 3.48.